The molecule has 2 amide bonds. The van der Waals surface area contributed by atoms with E-state index in [-0.39, 0.29) is 18.4 Å². The zero-order chi connectivity index (χ0) is 18.4. The van der Waals surface area contributed by atoms with Gasteiger partial charge in [0.25, 0.3) is 5.91 Å². The second kappa shape index (κ2) is 8.99. The molecule has 1 aromatic heterocycles. The van der Waals surface area contributed by atoms with Gasteiger partial charge in [0.1, 0.15) is 5.00 Å². The Morgan fingerprint density at radius 1 is 1.20 bits per heavy atom. The molecule has 0 aliphatic heterocycles. The lowest BCUT2D eigenvalue weighted by atomic mass is 9.95. The molecule has 1 aliphatic carbocycles. The van der Waals surface area contributed by atoms with Crippen molar-refractivity contribution in [1.82, 2.24) is 5.32 Å². The lowest BCUT2D eigenvalue weighted by Gasteiger charge is -2.13. The molecule has 2 N–H and O–H groups in total. The summed E-state index contributed by atoms with van der Waals surface area (Å²) >= 11 is 1.44. The number of rotatable bonds is 7. The van der Waals surface area contributed by atoms with Gasteiger partial charge >= 0.3 is 5.97 Å². The summed E-state index contributed by atoms with van der Waals surface area (Å²) in [5.41, 5.74) is 1.38. The number of fused-ring (bicyclic) bond motifs is 1. The van der Waals surface area contributed by atoms with Gasteiger partial charge in [-0.15, -0.1) is 11.3 Å². The van der Waals surface area contributed by atoms with E-state index in [1.165, 1.54) is 18.3 Å². The lowest BCUT2D eigenvalue weighted by Crippen LogP contribution is -2.30. The number of anilines is 1. The predicted octanol–water partition coefficient (Wildman–Crippen LogP) is 2.90. The Hall–Kier alpha value is -1.89. The van der Waals surface area contributed by atoms with Gasteiger partial charge in [0.05, 0.1) is 5.56 Å². The Morgan fingerprint density at radius 2 is 1.92 bits per heavy atom. The maximum atomic E-state index is 12.5. The number of thiophene rings is 1. The minimum Gasteiger partial charge on any atom is -0.452 e. The summed E-state index contributed by atoms with van der Waals surface area (Å²) in [5.74, 6) is -0.569. The highest BCUT2D eigenvalue weighted by molar-refractivity contribution is 7.17. The molecule has 6 nitrogen and oxygen atoms in total. The van der Waals surface area contributed by atoms with Crippen LogP contribution < -0.4 is 10.6 Å². The molecule has 138 valence electrons. The predicted molar refractivity (Wildman–Crippen MR) is 98.0 cm³/mol. The van der Waals surface area contributed by atoms with Gasteiger partial charge in [0, 0.05) is 18.3 Å². The highest BCUT2D eigenvalue weighted by Crippen LogP contribution is 2.38. The van der Waals surface area contributed by atoms with Crippen LogP contribution in [0.3, 0.4) is 0 Å². The molecule has 0 aromatic carbocycles. The van der Waals surface area contributed by atoms with Crippen LogP contribution in [0.5, 0.6) is 0 Å². The van der Waals surface area contributed by atoms with Crippen molar-refractivity contribution in [2.75, 3.05) is 18.5 Å². The monoisotopic (exact) mass is 366 g/mol. The molecule has 7 heteroatoms. The largest absolute Gasteiger partial charge is 0.452 e. The Balaban J connectivity index is 2.01. The maximum Gasteiger partial charge on any atom is 0.341 e. The average molecular weight is 366 g/mol. The first kappa shape index (κ1) is 19.4. The Bertz CT molecular complexity index is 652. The van der Waals surface area contributed by atoms with Crippen molar-refractivity contribution >= 4 is 34.1 Å². The van der Waals surface area contributed by atoms with Gasteiger partial charge in [-0.2, -0.15) is 0 Å². The Kier molecular flexibility index (Phi) is 6.99. The van der Waals surface area contributed by atoms with Crippen LogP contribution in [-0.4, -0.2) is 30.9 Å². The van der Waals surface area contributed by atoms with Crippen LogP contribution in [-0.2, 0) is 27.2 Å². The van der Waals surface area contributed by atoms with Crippen molar-refractivity contribution < 1.29 is 19.1 Å². The minimum atomic E-state index is -0.540. The van der Waals surface area contributed by atoms with Gasteiger partial charge in [0.15, 0.2) is 6.61 Å². The van der Waals surface area contributed by atoms with Crippen LogP contribution in [0.4, 0.5) is 5.00 Å². The van der Waals surface area contributed by atoms with Crippen molar-refractivity contribution in [1.29, 1.82) is 0 Å². The van der Waals surface area contributed by atoms with Crippen molar-refractivity contribution in [2.45, 2.75) is 52.9 Å². The number of ether oxygens (including phenoxy) is 1. The normalized spacial score (nSPS) is 13.3. The fourth-order valence-corrected chi connectivity index (χ4v) is 4.11. The third-order valence-electron chi connectivity index (χ3n) is 4.04. The van der Waals surface area contributed by atoms with Crippen LogP contribution in [0.25, 0.3) is 0 Å². The van der Waals surface area contributed by atoms with E-state index in [0.29, 0.717) is 23.0 Å². The number of nitrogens with one attached hydrogen (secondary N) is 2. The third kappa shape index (κ3) is 5.56. The van der Waals surface area contributed by atoms with Crippen LogP contribution in [0.15, 0.2) is 0 Å². The summed E-state index contributed by atoms with van der Waals surface area (Å²) in [5, 5.41) is 6.00. The quantitative estimate of drug-likeness (QED) is 0.727. The molecule has 0 spiro atoms. The van der Waals surface area contributed by atoms with Crippen molar-refractivity contribution in [3.05, 3.63) is 16.0 Å². The molecule has 0 fully saturated rings. The average Bonchev–Trinajstić information content (AvgIpc) is 2.89. The van der Waals surface area contributed by atoms with Crippen LogP contribution in [0, 0.1) is 5.92 Å². The fourth-order valence-electron chi connectivity index (χ4n) is 2.78. The zero-order valence-corrected chi connectivity index (χ0v) is 15.9. The Morgan fingerprint density at radius 3 is 2.60 bits per heavy atom. The van der Waals surface area contributed by atoms with Gasteiger partial charge in [-0.05, 0) is 43.6 Å². The van der Waals surface area contributed by atoms with Crippen molar-refractivity contribution in [3.8, 4) is 0 Å². The molecule has 0 saturated carbocycles. The standard InChI is InChI=1S/C18H26N2O4S/c1-11(2)8-9-19-15(22)10-24-18(23)16-13-6-4-5-7-14(13)25-17(16)20-12(3)21/h11H,4-10H2,1-3H3,(H,19,22)(H,20,21). The van der Waals surface area contributed by atoms with E-state index >= 15 is 0 Å². The van der Waals surface area contributed by atoms with E-state index in [1.54, 1.807) is 0 Å². The molecule has 0 unspecified atom stereocenters. The highest BCUT2D eigenvalue weighted by Gasteiger charge is 2.27. The first-order valence-electron chi connectivity index (χ1n) is 8.74. The number of hydrogen-bond acceptors (Lipinski definition) is 5. The first-order chi connectivity index (χ1) is 11.9. The number of carbonyl (C=O) groups is 3. The number of carbonyl (C=O) groups excluding carboxylic acids is 3. The summed E-state index contributed by atoms with van der Waals surface area (Å²) in [7, 11) is 0. The summed E-state index contributed by atoms with van der Waals surface area (Å²) in [4.78, 5) is 36.9. The van der Waals surface area contributed by atoms with Crippen molar-refractivity contribution in [3.63, 3.8) is 0 Å². The lowest BCUT2D eigenvalue weighted by molar-refractivity contribution is -0.124. The van der Waals surface area contributed by atoms with E-state index in [1.807, 2.05) is 0 Å². The Labute approximate surface area is 152 Å². The minimum absolute atomic E-state index is 0.223. The first-order valence-corrected chi connectivity index (χ1v) is 9.56. The summed E-state index contributed by atoms with van der Waals surface area (Å²) in [6, 6.07) is 0. The van der Waals surface area contributed by atoms with E-state index in [0.717, 1.165) is 42.5 Å². The summed E-state index contributed by atoms with van der Waals surface area (Å²) < 4.78 is 5.20. The number of aryl methyl sites for hydroxylation is 1. The number of esters is 1. The molecule has 0 radical (unpaired) electrons. The maximum absolute atomic E-state index is 12.5. The van der Waals surface area contributed by atoms with Crippen LogP contribution in [0.1, 0.15) is 60.8 Å². The molecule has 2 rings (SSSR count). The van der Waals surface area contributed by atoms with Gasteiger partial charge in [-0.25, -0.2) is 4.79 Å². The highest BCUT2D eigenvalue weighted by atomic mass is 32.1. The molecule has 1 aliphatic rings. The summed E-state index contributed by atoms with van der Waals surface area (Å²) in [6.45, 7) is 5.83. The molecule has 0 saturated heterocycles. The molecule has 1 aromatic rings. The fraction of sp³-hybridized carbons (Fsp3) is 0.611. The molecule has 1 heterocycles. The van der Waals surface area contributed by atoms with Crippen molar-refractivity contribution in [2.24, 2.45) is 5.92 Å². The van der Waals surface area contributed by atoms with Gasteiger partial charge in [-0.1, -0.05) is 13.8 Å². The third-order valence-corrected chi connectivity index (χ3v) is 5.25. The SMILES string of the molecule is CC(=O)Nc1sc2c(c1C(=O)OCC(=O)NCCC(C)C)CCCC2. The molecule has 25 heavy (non-hydrogen) atoms. The topological polar surface area (TPSA) is 84.5 Å². The van der Waals surface area contributed by atoms with E-state index in [4.69, 9.17) is 4.74 Å². The van der Waals surface area contributed by atoms with Crippen LogP contribution >= 0.6 is 11.3 Å². The molecular formula is C18H26N2O4S. The second-order valence-corrected chi connectivity index (χ2v) is 7.81. The number of hydrogen-bond donors (Lipinski definition) is 2. The van der Waals surface area contributed by atoms with Gasteiger partial charge in [0.2, 0.25) is 5.91 Å². The second-order valence-electron chi connectivity index (χ2n) is 6.70. The van der Waals surface area contributed by atoms with Gasteiger partial charge < -0.3 is 15.4 Å². The molecule has 0 bridgehead atoms. The molecular weight excluding hydrogens is 340 g/mol. The van der Waals surface area contributed by atoms with Gasteiger partial charge in [-0.3, -0.25) is 9.59 Å². The molecule has 0 atom stereocenters. The van der Waals surface area contributed by atoms with Crippen LogP contribution in [0.2, 0.25) is 0 Å². The smallest absolute Gasteiger partial charge is 0.341 e. The van der Waals surface area contributed by atoms with E-state index in [9.17, 15) is 14.4 Å². The van der Waals surface area contributed by atoms with E-state index < -0.39 is 5.97 Å². The zero-order valence-electron chi connectivity index (χ0n) is 15.1. The summed E-state index contributed by atoms with van der Waals surface area (Å²) in [6.07, 6.45) is 4.69. The number of amides is 2. The van der Waals surface area contributed by atoms with E-state index in [2.05, 4.69) is 24.5 Å².